The molecule has 0 aromatic heterocycles. The number of nitrogens with one attached hydrogen (secondary N) is 1. The summed E-state index contributed by atoms with van der Waals surface area (Å²) in [4.78, 5) is 24.7. The lowest BCUT2D eigenvalue weighted by Gasteiger charge is -2.40. The smallest absolute Gasteiger partial charge is 0.410 e. The van der Waals surface area contributed by atoms with Gasteiger partial charge in [-0.25, -0.2) is 4.79 Å². The SMILES string of the molecule is CC(C)(C)OC(=O)N1Cc2cc(NC=O)ccc2C(C)(C)C1. The summed E-state index contributed by atoms with van der Waals surface area (Å²) in [6.07, 6.45) is 0.349. The summed E-state index contributed by atoms with van der Waals surface area (Å²) in [5.74, 6) is 0. The Balaban J connectivity index is 2.29. The van der Waals surface area contributed by atoms with Gasteiger partial charge in [-0.1, -0.05) is 19.9 Å². The molecule has 5 nitrogen and oxygen atoms in total. The van der Waals surface area contributed by atoms with Crippen molar-refractivity contribution >= 4 is 18.2 Å². The monoisotopic (exact) mass is 304 g/mol. The molecule has 0 radical (unpaired) electrons. The molecule has 0 aliphatic carbocycles. The number of hydrogen-bond donors (Lipinski definition) is 1. The minimum Gasteiger partial charge on any atom is -0.444 e. The van der Waals surface area contributed by atoms with Gasteiger partial charge < -0.3 is 15.0 Å². The zero-order chi connectivity index (χ0) is 16.5. The van der Waals surface area contributed by atoms with Crippen molar-refractivity contribution < 1.29 is 14.3 Å². The average Bonchev–Trinajstić information content (AvgIpc) is 2.35. The molecule has 1 N–H and O–H groups in total. The van der Waals surface area contributed by atoms with Gasteiger partial charge in [-0.2, -0.15) is 0 Å². The average molecular weight is 304 g/mol. The van der Waals surface area contributed by atoms with Crippen molar-refractivity contribution in [2.75, 3.05) is 11.9 Å². The molecular weight excluding hydrogens is 280 g/mol. The van der Waals surface area contributed by atoms with Gasteiger partial charge in [0.05, 0.1) is 0 Å². The number of amides is 2. The van der Waals surface area contributed by atoms with Gasteiger partial charge in [0.15, 0.2) is 0 Å². The number of nitrogens with zero attached hydrogens (tertiary/aromatic N) is 1. The molecule has 0 bridgehead atoms. The third kappa shape index (κ3) is 3.59. The molecule has 0 saturated carbocycles. The Bertz CT molecular complexity index is 588. The Morgan fingerprint density at radius 2 is 2.05 bits per heavy atom. The molecule has 1 aromatic carbocycles. The van der Waals surface area contributed by atoms with E-state index >= 15 is 0 Å². The fraction of sp³-hybridized carbons (Fsp3) is 0.529. The summed E-state index contributed by atoms with van der Waals surface area (Å²) in [5, 5.41) is 2.65. The summed E-state index contributed by atoms with van der Waals surface area (Å²) in [6.45, 7) is 10.9. The molecular formula is C17H24N2O3. The highest BCUT2D eigenvalue weighted by atomic mass is 16.6. The first-order valence-corrected chi connectivity index (χ1v) is 7.44. The Morgan fingerprint density at radius 3 is 2.64 bits per heavy atom. The van der Waals surface area contributed by atoms with Crippen molar-refractivity contribution in [3.8, 4) is 0 Å². The van der Waals surface area contributed by atoms with Gasteiger partial charge in [-0.15, -0.1) is 0 Å². The van der Waals surface area contributed by atoms with Gasteiger partial charge in [-0.05, 0) is 44.0 Å². The lowest BCUT2D eigenvalue weighted by atomic mass is 9.78. The topological polar surface area (TPSA) is 58.6 Å². The van der Waals surface area contributed by atoms with Crippen LogP contribution in [0, 0.1) is 0 Å². The molecule has 0 atom stereocenters. The first-order chi connectivity index (χ1) is 10.1. The quantitative estimate of drug-likeness (QED) is 0.853. The van der Waals surface area contributed by atoms with E-state index in [-0.39, 0.29) is 11.5 Å². The van der Waals surface area contributed by atoms with Crippen molar-refractivity contribution in [1.29, 1.82) is 0 Å². The zero-order valence-electron chi connectivity index (χ0n) is 13.9. The number of rotatable bonds is 2. The fourth-order valence-electron chi connectivity index (χ4n) is 2.82. The third-order valence-electron chi connectivity index (χ3n) is 3.66. The summed E-state index contributed by atoms with van der Waals surface area (Å²) < 4.78 is 5.48. The number of carbonyl (C=O) groups is 2. The Kier molecular flexibility index (Phi) is 4.18. The minimum atomic E-state index is -0.511. The van der Waals surface area contributed by atoms with Crippen LogP contribution in [0.25, 0.3) is 0 Å². The molecule has 120 valence electrons. The summed E-state index contributed by atoms with van der Waals surface area (Å²) in [7, 11) is 0. The van der Waals surface area contributed by atoms with E-state index in [1.807, 2.05) is 39.0 Å². The maximum absolute atomic E-state index is 12.4. The van der Waals surface area contributed by atoms with Crippen molar-refractivity contribution in [3.63, 3.8) is 0 Å². The van der Waals surface area contributed by atoms with E-state index < -0.39 is 5.60 Å². The molecule has 1 aliphatic rings. The van der Waals surface area contributed by atoms with E-state index in [1.165, 1.54) is 5.56 Å². The van der Waals surface area contributed by atoms with Crippen LogP contribution in [0.3, 0.4) is 0 Å². The van der Waals surface area contributed by atoms with Gasteiger partial charge >= 0.3 is 6.09 Å². The van der Waals surface area contributed by atoms with Crippen LogP contribution in [0.15, 0.2) is 18.2 Å². The molecule has 0 fully saturated rings. The van der Waals surface area contributed by atoms with Crippen molar-refractivity contribution in [2.45, 2.75) is 52.2 Å². The lowest BCUT2D eigenvalue weighted by molar-refractivity contribution is -0.105. The highest BCUT2D eigenvalue weighted by Gasteiger charge is 2.35. The third-order valence-corrected chi connectivity index (χ3v) is 3.66. The molecule has 0 saturated heterocycles. The molecule has 1 aromatic rings. The van der Waals surface area contributed by atoms with Gasteiger partial charge in [0, 0.05) is 24.2 Å². The molecule has 22 heavy (non-hydrogen) atoms. The minimum absolute atomic E-state index is 0.163. The second-order valence-corrected chi connectivity index (χ2v) is 7.35. The number of hydrogen-bond acceptors (Lipinski definition) is 3. The maximum atomic E-state index is 12.4. The predicted molar refractivity (Wildman–Crippen MR) is 85.8 cm³/mol. The Morgan fingerprint density at radius 1 is 1.36 bits per heavy atom. The molecule has 5 heteroatoms. The lowest BCUT2D eigenvalue weighted by Crippen LogP contribution is -2.46. The number of ether oxygens (including phenoxy) is 1. The van der Waals surface area contributed by atoms with Gasteiger partial charge in [0.1, 0.15) is 5.60 Å². The van der Waals surface area contributed by atoms with Crippen molar-refractivity contribution in [2.24, 2.45) is 0 Å². The van der Waals surface area contributed by atoms with Crippen LogP contribution in [0.4, 0.5) is 10.5 Å². The van der Waals surface area contributed by atoms with Crippen LogP contribution >= 0.6 is 0 Å². The predicted octanol–water partition coefficient (Wildman–Crippen LogP) is 3.28. The van der Waals surface area contributed by atoms with Crippen LogP contribution in [0.1, 0.15) is 45.7 Å². The second-order valence-electron chi connectivity index (χ2n) is 7.35. The van der Waals surface area contributed by atoms with Gasteiger partial charge in [0.25, 0.3) is 0 Å². The fourth-order valence-corrected chi connectivity index (χ4v) is 2.82. The summed E-state index contributed by atoms with van der Waals surface area (Å²) in [5.41, 5.74) is 2.29. The zero-order valence-corrected chi connectivity index (χ0v) is 13.9. The van der Waals surface area contributed by atoms with E-state index in [0.29, 0.717) is 19.5 Å². The molecule has 1 heterocycles. The van der Waals surface area contributed by atoms with Crippen LogP contribution < -0.4 is 5.32 Å². The first kappa shape index (κ1) is 16.3. The van der Waals surface area contributed by atoms with E-state index in [0.717, 1.165) is 11.3 Å². The number of benzene rings is 1. The highest BCUT2D eigenvalue weighted by molar-refractivity contribution is 5.73. The Labute approximate surface area is 131 Å². The second kappa shape index (κ2) is 5.63. The molecule has 0 unspecified atom stereocenters. The summed E-state index contributed by atoms with van der Waals surface area (Å²) in [6, 6.07) is 5.83. The normalized spacial score (nSPS) is 16.7. The molecule has 2 rings (SSSR count). The van der Waals surface area contributed by atoms with E-state index in [1.54, 1.807) is 4.90 Å². The van der Waals surface area contributed by atoms with E-state index in [4.69, 9.17) is 4.74 Å². The van der Waals surface area contributed by atoms with E-state index in [2.05, 4.69) is 19.2 Å². The molecule has 0 spiro atoms. The molecule has 1 aliphatic heterocycles. The number of anilines is 1. The molecule has 2 amide bonds. The number of fused-ring (bicyclic) bond motifs is 1. The summed E-state index contributed by atoms with van der Waals surface area (Å²) >= 11 is 0. The largest absolute Gasteiger partial charge is 0.444 e. The van der Waals surface area contributed by atoms with Crippen LogP contribution in [0.5, 0.6) is 0 Å². The maximum Gasteiger partial charge on any atom is 0.410 e. The Hall–Kier alpha value is -2.04. The first-order valence-electron chi connectivity index (χ1n) is 7.44. The number of carbonyl (C=O) groups excluding carboxylic acids is 2. The standard InChI is InChI=1S/C17H24N2O3/c1-16(2,3)22-15(21)19-9-12-8-13(18-11-20)6-7-14(12)17(4,5)10-19/h6-8,11H,9-10H2,1-5H3,(H,18,20). The van der Waals surface area contributed by atoms with Gasteiger partial charge in [-0.3, -0.25) is 4.79 Å². The van der Waals surface area contributed by atoms with Gasteiger partial charge in [0.2, 0.25) is 6.41 Å². The van der Waals surface area contributed by atoms with E-state index in [9.17, 15) is 9.59 Å². The van der Waals surface area contributed by atoms with Crippen LogP contribution in [0.2, 0.25) is 0 Å². The van der Waals surface area contributed by atoms with Crippen LogP contribution in [-0.2, 0) is 21.5 Å². The van der Waals surface area contributed by atoms with Crippen molar-refractivity contribution in [3.05, 3.63) is 29.3 Å². The van der Waals surface area contributed by atoms with Crippen molar-refractivity contribution in [1.82, 2.24) is 4.90 Å². The highest BCUT2D eigenvalue weighted by Crippen LogP contribution is 2.35. The van der Waals surface area contributed by atoms with Crippen LogP contribution in [-0.4, -0.2) is 29.5 Å².